The summed E-state index contributed by atoms with van der Waals surface area (Å²) in [5.41, 5.74) is 0.755. The average Bonchev–Trinajstić information content (AvgIpc) is 3.30. The summed E-state index contributed by atoms with van der Waals surface area (Å²) in [6.45, 7) is 2.57. The van der Waals surface area contributed by atoms with Crippen molar-refractivity contribution in [1.82, 2.24) is 15.2 Å². The van der Waals surface area contributed by atoms with Crippen molar-refractivity contribution in [2.75, 3.05) is 29.2 Å². The second-order valence-corrected chi connectivity index (χ2v) is 10.00. The summed E-state index contributed by atoms with van der Waals surface area (Å²) >= 11 is 4.00. The van der Waals surface area contributed by atoms with Gasteiger partial charge >= 0.3 is 0 Å². The molecule has 0 saturated heterocycles. The van der Waals surface area contributed by atoms with E-state index in [9.17, 15) is 9.59 Å². The second kappa shape index (κ2) is 8.00. The first-order valence-corrected chi connectivity index (χ1v) is 11.9. The molecule has 1 fully saturated rings. The summed E-state index contributed by atoms with van der Waals surface area (Å²) in [7, 11) is 0. The van der Waals surface area contributed by atoms with E-state index in [-0.39, 0.29) is 23.6 Å². The molecule has 0 atom stereocenters. The van der Waals surface area contributed by atoms with E-state index in [1.165, 1.54) is 41.4 Å². The number of nitrogens with zero attached hydrogens (tertiary/aromatic N) is 4. The van der Waals surface area contributed by atoms with E-state index in [4.69, 9.17) is 9.47 Å². The van der Waals surface area contributed by atoms with Crippen LogP contribution in [0.15, 0.2) is 16.5 Å². The third kappa shape index (κ3) is 4.07. The molecule has 0 unspecified atom stereocenters. The molecule has 1 saturated carbocycles. The van der Waals surface area contributed by atoms with Gasteiger partial charge in [-0.1, -0.05) is 34.4 Å². The average molecular weight is 464 g/mol. The fourth-order valence-corrected chi connectivity index (χ4v) is 5.69. The van der Waals surface area contributed by atoms with Crippen LogP contribution in [0, 0.1) is 0 Å². The molecule has 12 heteroatoms. The fourth-order valence-electron chi connectivity index (χ4n) is 3.04. The Bertz CT molecular complexity index is 1080. The summed E-state index contributed by atoms with van der Waals surface area (Å²) in [5.74, 6) is 1.33. The van der Waals surface area contributed by atoms with Crippen LogP contribution in [0.5, 0.6) is 11.5 Å². The van der Waals surface area contributed by atoms with Crippen LogP contribution in [0.3, 0.4) is 0 Å². The number of carbonyl (C=O) groups is 2. The van der Waals surface area contributed by atoms with Crippen molar-refractivity contribution >= 4 is 66.7 Å². The highest BCUT2D eigenvalue weighted by molar-refractivity contribution is 8.01. The molecule has 1 aliphatic heterocycles. The summed E-state index contributed by atoms with van der Waals surface area (Å²) in [5, 5.41) is 12.2. The number of anilines is 2. The van der Waals surface area contributed by atoms with Crippen molar-refractivity contribution in [2.45, 2.75) is 30.1 Å². The van der Waals surface area contributed by atoms with Crippen LogP contribution in [0.1, 0.15) is 19.8 Å². The van der Waals surface area contributed by atoms with E-state index >= 15 is 0 Å². The standard InChI is InChI=1S/C18H17N5O4S3/c1-9(24)23(10-2-3-10)17-21-22-18(30-17)28-8-15(25)20-16-19-11-6-12-13(7-14(11)29-16)27-5-4-26-12/h6-7,10H,2-5,8H2,1H3,(H,19,20,25). The lowest BCUT2D eigenvalue weighted by Crippen LogP contribution is -2.30. The highest BCUT2D eigenvalue weighted by Crippen LogP contribution is 2.38. The summed E-state index contributed by atoms with van der Waals surface area (Å²) in [6, 6.07) is 3.95. The molecule has 0 spiro atoms. The number of ether oxygens (including phenoxy) is 2. The van der Waals surface area contributed by atoms with E-state index in [0.29, 0.717) is 39.3 Å². The third-order valence-corrected chi connectivity index (χ3v) is 7.47. The molecule has 3 aromatic rings. The summed E-state index contributed by atoms with van der Waals surface area (Å²) in [4.78, 5) is 30.3. The van der Waals surface area contributed by atoms with Gasteiger partial charge in [-0.15, -0.1) is 10.2 Å². The number of aromatic nitrogens is 3. The van der Waals surface area contributed by atoms with E-state index < -0.39 is 0 Å². The number of thiazole rings is 1. The quantitative estimate of drug-likeness (QED) is 0.439. The number of nitrogens with one attached hydrogen (secondary N) is 1. The lowest BCUT2D eigenvalue weighted by atomic mass is 10.3. The van der Waals surface area contributed by atoms with E-state index in [0.717, 1.165) is 23.1 Å². The molecule has 30 heavy (non-hydrogen) atoms. The van der Waals surface area contributed by atoms with Crippen molar-refractivity contribution in [3.8, 4) is 11.5 Å². The summed E-state index contributed by atoms with van der Waals surface area (Å²) in [6.07, 6.45) is 1.99. The normalized spacial score (nSPS) is 15.2. The van der Waals surface area contributed by atoms with Gasteiger partial charge in [-0.3, -0.25) is 14.5 Å². The maximum atomic E-state index is 12.4. The topological polar surface area (TPSA) is 107 Å². The number of carbonyl (C=O) groups excluding carboxylic acids is 2. The zero-order valence-electron chi connectivity index (χ0n) is 15.9. The van der Waals surface area contributed by atoms with Gasteiger partial charge in [0.2, 0.25) is 16.9 Å². The van der Waals surface area contributed by atoms with Crippen LogP contribution in [0.4, 0.5) is 10.3 Å². The Hall–Kier alpha value is -2.44. The van der Waals surface area contributed by atoms with E-state index in [1.807, 2.05) is 12.1 Å². The molecule has 156 valence electrons. The lowest BCUT2D eigenvalue weighted by Gasteiger charge is -2.17. The van der Waals surface area contributed by atoms with Crippen LogP contribution in [-0.4, -0.2) is 52.0 Å². The molecule has 5 rings (SSSR count). The Morgan fingerprint density at radius 1 is 1.20 bits per heavy atom. The molecule has 2 aromatic heterocycles. The van der Waals surface area contributed by atoms with Crippen molar-refractivity contribution in [3.05, 3.63) is 12.1 Å². The molecule has 0 radical (unpaired) electrons. The lowest BCUT2D eigenvalue weighted by molar-refractivity contribution is -0.116. The van der Waals surface area contributed by atoms with Crippen LogP contribution in [0.2, 0.25) is 0 Å². The first-order valence-electron chi connectivity index (χ1n) is 9.33. The maximum Gasteiger partial charge on any atom is 0.236 e. The number of benzene rings is 1. The Morgan fingerprint density at radius 3 is 2.70 bits per heavy atom. The Labute approximate surface area is 183 Å². The molecule has 0 bridgehead atoms. The minimum Gasteiger partial charge on any atom is -0.486 e. The SMILES string of the molecule is CC(=O)N(c1nnc(SCC(=O)Nc2nc3cc4c(cc3s2)OCCO4)s1)C1CC1. The van der Waals surface area contributed by atoms with Crippen molar-refractivity contribution in [1.29, 1.82) is 0 Å². The monoisotopic (exact) mass is 463 g/mol. The third-order valence-electron chi connectivity index (χ3n) is 4.48. The molecular formula is C18H17N5O4S3. The van der Waals surface area contributed by atoms with E-state index in [1.54, 1.807) is 4.90 Å². The predicted molar refractivity (Wildman–Crippen MR) is 116 cm³/mol. The number of amides is 2. The van der Waals surface area contributed by atoms with Gasteiger partial charge in [0.25, 0.3) is 0 Å². The number of hydrogen-bond donors (Lipinski definition) is 1. The van der Waals surface area contributed by atoms with Gasteiger partial charge in [0.15, 0.2) is 21.0 Å². The minimum atomic E-state index is -0.182. The van der Waals surface area contributed by atoms with Gasteiger partial charge in [-0.25, -0.2) is 4.98 Å². The molecule has 1 aromatic carbocycles. The van der Waals surface area contributed by atoms with Crippen molar-refractivity contribution in [2.24, 2.45) is 0 Å². The number of fused-ring (bicyclic) bond motifs is 2. The van der Waals surface area contributed by atoms with Gasteiger partial charge in [0.05, 0.1) is 16.0 Å². The van der Waals surface area contributed by atoms with Crippen LogP contribution < -0.4 is 19.7 Å². The van der Waals surface area contributed by atoms with E-state index in [2.05, 4.69) is 20.5 Å². The van der Waals surface area contributed by atoms with Gasteiger partial charge in [0.1, 0.15) is 13.2 Å². The first-order chi connectivity index (χ1) is 14.6. The van der Waals surface area contributed by atoms with Crippen LogP contribution in [-0.2, 0) is 9.59 Å². The molecule has 2 amide bonds. The van der Waals surface area contributed by atoms with Crippen molar-refractivity contribution < 1.29 is 19.1 Å². The highest BCUT2D eigenvalue weighted by atomic mass is 32.2. The molecule has 2 aliphatic rings. The summed E-state index contributed by atoms with van der Waals surface area (Å²) < 4.78 is 12.7. The molecule has 9 nitrogen and oxygen atoms in total. The Balaban J connectivity index is 1.21. The fraction of sp³-hybridized carbons (Fsp3) is 0.389. The Kier molecular flexibility index (Phi) is 5.21. The minimum absolute atomic E-state index is 0.0312. The molecule has 1 aliphatic carbocycles. The number of hydrogen-bond acceptors (Lipinski definition) is 10. The zero-order valence-corrected chi connectivity index (χ0v) is 18.4. The number of rotatable bonds is 6. The Morgan fingerprint density at radius 2 is 1.97 bits per heavy atom. The van der Waals surface area contributed by atoms with Gasteiger partial charge in [-0.2, -0.15) is 0 Å². The predicted octanol–water partition coefficient (Wildman–Crippen LogP) is 3.17. The second-order valence-electron chi connectivity index (χ2n) is 6.79. The first kappa shape index (κ1) is 19.5. The van der Waals surface area contributed by atoms with Crippen molar-refractivity contribution in [3.63, 3.8) is 0 Å². The molecule has 3 heterocycles. The molecule has 1 N–H and O–H groups in total. The smallest absolute Gasteiger partial charge is 0.236 e. The number of thioether (sulfide) groups is 1. The maximum absolute atomic E-state index is 12.4. The largest absolute Gasteiger partial charge is 0.486 e. The highest BCUT2D eigenvalue weighted by Gasteiger charge is 2.34. The van der Waals surface area contributed by atoms with Crippen LogP contribution >= 0.6 is 34.4 Å². The molecular weight excluding hydrogens is 446 g/mol. The van der Waals surface area contributed by atoms with Crippen LogP contribution in [0.25, 0.3) is 10.2 Å². The van der Waals surface area contributed by atoms with Gasteiger partial charge in [-0.05, 0) is 12.8 Å². The zero-order chi connectivity index (χ0) is 20.7. The van der Waals surface area contributed by atoms with Gasteiger partial charge in [0, 0.05) is 25.1 Å². The van der Waals surface area contributed by atoms with Gasteiger partial charge < -0.3 is 14.8 Å².